The first-order valence-electron chi connectivity index (χ1n) is 9.65. The van der Waals surface area contributed by atoms with Gasteiger partial charge in [0, 0.05) is 25.8 Å². The van der Waals surface area contributed by atoms with E-state index in [-0.39, 0.29) is 32.2 Å². The van der Waals surface area contributed by atoms with Crippen molar-refractivity contribution in [2.45, 2.75) is 42.8 Å². The van der Waals surface area contributed by atoms with Gasteiger partial charge in [0.2, 0.25) is 10.0 Å². The molecule has 30 heavy (non-hydrogen) atoms. The lowest BCUT2D eigenvalue weighted by Gasteiger charge is -2.43. The summed E-state index contributed by atoms with van der Waals surface area (Å²) in [5.41, 5.74) is 3.33. The van der Waals surface area contributed by atoms with Crippen LogP contribution in [0.4, 0.5) is 4.79 Å². The topological polar surface area (TPSA) is 163 Å². The fourth-order valence-corrected chi connectivity index (χ4v) is 6.04. The van der Waals surface area contributed by atoms with Crippen LogP contribution in [0, 0.1) is 0 Å². The Morgan fingerprint density at radius 1 is 1.23 bits per heavy atom. The summed E-state index contributed by atoms with van der Waals surface area (Å²) in [6.07, 6.45) is 2.19. The van der Waals surface area contributed by atoms with Crippen molar-refractivity contribution in [3.8, 4) is 0 Å². The Labute approximate surface area is 174 Å². The second-order valence-corrected chi connectivity index (χ2v) is 9.66. The van der Waals surface area contributed by atoms with Crippen LogP contribution in [-0.4, -0.2) is 88.0 Å². The van der Waals surface area contributed by atoms with Gasteiger partial charge in [-0.2, -0.15) is 0 Å². The second kappa shape index (κ2) is 8.84. The predicted molar refractivity (Wildman–Crippen MR) is 105 cm³/mol. The summed E-state index contributed by atoms with van der Waals surface area (Å²) in [6, 6.07) is 4.59. The molecule has 4 N–H and O–H groups in total. The van der Waals surface area contributed by atoms with Crippen molar-refractivity contribution in [1.82, 2.24) is 14.2 Å². The minimum atomic E-state index is -4.12. The van der Waals surface area contributed by atoms with Crippen molar-refractivity contribution < 1.29 is 33.0 Å². The van der Waals surface area contributed by atoms with Crippen LogP contribution in [0.2, 0.25) is 0 Å². The van der Waals surface area contributed by atoms with Gasteiger partial charge in [-0.25, -0.2) is 22.3 Å². The number of aliphatic carboxylic acids is 1. The second-order valence-electron chi connectivity index (χ2n) is 7.54. The van der Waals surface area contributed by atoms with Crippen molar-refractivity contribution in [1.29, 1.82) is 0 Å². The van der Waals surface area contributed by atoms with Gasteiger partial charge in [-0.1, -0.05) is 6.07 Å². The molecule has 0 radical (unpaired) electrons. The number of amides is 2. The fraction of sp³-hybridized carbons (Fsp3) is 0.611. The average molecular weight is 442 g/mol. The molecule has 2 saturated heterocycles. The number of aliphatic hydroxyl groups is 1. The molecular weight excluding hydrogens is 416 g/mol. The number of primary amides is 1. The summed E-state index contributed by atoms with van der Waals surface area (Å²) in [7, 11) is -4.12. The number of hydrogen-bond donors (Lipinski definition) is 3. The van der Waals surface area contributed by atoms with Gasteiger partial charge < -0.3 is 25.6 Å². The van der Waals surface area contributed by atoms with E-state index < -0.39 is 39.4 Å². The molecule has 2 unspecified atom stereocenters. The number of likely N-dealkylation sites (tertiary alicyclic amines) is 1. The molecule has 2 amide bonds. The van der Waals surface area contributed by atoms with Crippen molar-refractivity contribution >= 4 is 22.0 Å². The van der Waals surface area contributed by atoms with E-state index in [0.717, 1.165) is 10.6 Å². The monoisotopic (exact) mass is 442 g/mol. The number of ether oxygens (including phenoxy) is 1. The van der Waals surface area contributed by atoms with Crippen LogP contribution in [0.25, 0.3) is 0 Å². The number of urea groups is 1. The van der Waals surface area contributed by atoms with E-state index in [9.17, 15) is 28.2 Å². The number of nitrogens with zero attached hydrogens (tertiary/aromatic N) is 3. The third-order valence-electron chi connectivity index (χ3n) is 5.62. The van der Waals surface area contributed by atoms with E-state index in [4.69, 9.17) is 10.5 Å². The number of carboxylic acid groups (broad SMARTS) is 1. The highest BCUT2D eigenvalue weighted by Crippen LogP contribution is 2.32. The molecule has 2 aliphatic heterocycles. The summed E-state index contributed by atoms with van der Waals surface area (Å²) in [4.78, 5) is 28.2. The smallest absolute Gasteiger partial charge is 0.339 e. The van der Waals surface area contributed by atoms with Crippen molar-refractivity contribution in [3.63, 3.8) is 0 Å². The molecule has 0 aromatic carbocycles. The molecule has 3 rings (SSSR count). The molecule has 1 aromatic rings. The van der Waals surface area contributed by atoms with Crippen LogP contribution < -0.4 is 5.73 Å². The third-order valence-corrected chi connectivity index (χ3v) is 8.05. The van der Waals surface area contributed by atoms with Crippen LogP contribution in [0.15, 0.2) is 24.4 Å². The van der Waals surface area contributed by atoms with Gasteiger partial charge in [-0.3, -0.25) is 4.98 Å². The van der Waals surface area contributed by atoms with Crippen LogP contribution in [-0.2, 0) is 26.2 Å². The number of hydrogen-bond acceptors (Lipinski definition) is 7. The highest BCUT2D eigenvalue weighted by atomic mass is 32.2. The Hall–Kier alpha value is -2.28. The van der Waals surface area contributed by atoms with Gasteiger partial charge in [-0.05, 0) is 31.4 Å². The Morgan fingerprint density at radius 3 is 2.50 bits per heavy atom. The molecule has 0 saturated carbocycles. The summed E-state index contributed by atoms with van der Waals surface area (Å²) < 4.78 is 33.3. The summed E-state index contributed by atoms with van der Waals surface area (Å²) in [5, 5.41) is 18.6. The molecular formula is C18H26N4O7S. The Bertz CT molecular complexity index is 874. The normalized spacial score (nSPS) is 26.4. The first-order valence-corrected chi connectivity index (χ1v) is 11.2. The number of carboxylic acids is 1. The maximum absolute atomic E-state index is 13.1. The number of sulfonamides is 1. The number of carbonyl (C=O) groups excluding carboxylic acids is 1. The molecule has 2 fully saturated rings. The van der Waals surface area contributed by atoms with E-state index in [1.165, 1.54) is 4.31 Å². The Balaban J connectivity index is 1.64. The number of carbonyl (C=O) groups is 2. The van der Waals surface area contributed by atoms with Gasteiger partial charge in [0.1, 0.15) is 5.25 Å². The minimum Gasteiger partial charge on any atom is -0.479 e. The molecule has 3 heterocycles. The maximum Gasteiger partial charge on any atom is 0.339 e. The predicted octanol–water partition coefficient (Wildman–Crippen LogP) is -0.639. The Morgan fingerprint density at radius 2 is 1.93 bits per heavy atom. The molecule has 166 valence electrons. The van der Waals surface area contributed by atoms with E-state index in [0.29, 0.717) is 19.4 Å². The lowest BCUT2D eigenvalue weighted by Crippen LogP contribution is -2.67. The molecule has 11 nitrogen and oxygen atoms in total. The number of rotatable bonds is 6. The van der Waals surface area contributed by atoms with Gasteiger partial charge in [0.05, 0.1) is 24.9 Å². The first-order chi connectivity index (χ1) is 14.1. The fourth-order valence-electron chi connectivity index (χ4n) is 3.89. The van der Waals surface area contributed by atoms with E-state index in [1.54, 1.807) is 12.3 Å². The van der Waals surface area contributed by atoms with Crippen LogP contribution in [0.1, 0.15) is 25.0 Å². The first kappa shape index (κ1) is 22.4. The minimum absolute atomic E-state index is 0.0432. The van der Waals surface area contributed by atoms with Crippen molar-refractivity contribution in [3.05, 3.63) is 30.1 Å². The van der Waals surface area contributed by atoms with Crippen LogP contribution in [0.5, 0.6) is 0 Å². The zero-order valence-electron chi connectivity index (χ0n) is 16.4. The largest absolute Gasteiger partial charge is 0.479 e. The summed E-state index contributed by atoms with van der Waals surface area (Å²) in [5.74, 6) is -1.70. The molecule has 0 aliphatic carbocycles. The lowest BCUT2D eigenvalue weighted by molar-refractivity contribution is -0.162. The molecule has 2 atom stereocenters. The van der Waals surface area contributed by atoms with Gasteiger partial charge in [0.15, 0.2) is 5.60 Å². The number of pyridine rings is 1. The molecule has 0 bridgehead atoms. The van der Waals surface area contributed by atoms with Crippen molar-refractivity contribution in [2.24, 2.45) is 5.73 Å². The molecule has 0 spiro atoms. The van der Waals surface area contributed by atoms with Crippen LogP contribution >= 0.6 is 0 Å². The molecule has 12 heteroatoms. The third kappa shape index (κ3) is 4.56. The van der Waals surface area contributed by atoms with E-state index in [2.05, 4.69) is 4.98 Å². The number of aromatic nitrogens is 1. The highest BCUT2D eigenvalue weighted by molar-refractivity contribution is 7.89. The summed E-state index contributed by atoms with van der Waals surface area (Å²) in [6.45, 7) is -0.0891. The number of nitrogens with two attached hydrogens (primary N) is 1. The quantitative estimate of drug-likeness (QED) is 0.524. The van der Waals surface area contributed by atoms with Gasteiger partial charge >= 0.3 is 12.0 Å². The van der Waals surface area contributed by atoms with E-state index in [1.807, 2.05) is 12.1 Å². The highest BCUT2D eigenvalue weighted by Gasteiger charge is 2.56. The maximum atomic E-state index is 13.1. The van der Waals surface area contributed by atoms with Crippen molar-refractivity contribution in [2.75, 3.05) is 26.2 Å². The van der Waals surface area contributed by atoms with Gasteiger partial charge in [0.25, 0.3) is 0 Å². The lowest BCUT2D eigenvalue weighted by atomic mass is 9.92. The van der Waals surface area contributed by atoms with E-state index >= 15 is 0 Å². The average Bonchev–Trinajstić information content (AvgIpc) is 2.73. The summed E-state index contributed by atoms with van der Waals surface area (Å²) >= 11 is 0. The zero-order valence-corrected chi connectivity index (χ0v) is 17.2. The number of β-amino-alcohol motifs (C(OH)–C–C–N with tert-alkyl or cyclic N) is 1. The van der Waals surface area contributed by atoms with Crippen LogP contribution in [0.3, 0.4) is 0 Å². The molecule has 2 aliphatic rings. The Kier molecular flexibility index (Phi) is 6.60. The van der Waals surface area contributed by atoms with Gasteiger partial charge in [-0.15, -0.1) is 0 Å². The standard InChI is InChI=1S/C18H26N4O7S/c19-17(25)21-8-6-15(18(26,12-21)16(23)24)30(27,28)22-9-4-14(5-10-22)29-11-13-3-1-2-7-20-13/h1-3,7,14-15,26H,4-6,8-12H2,(H2,19,25)(H,23,24). The SMILES string of the molecule is NC(=O)N1CCC(S(=O)(=O)N2CCC(OCc3ccccn3)CC2)C(O)(C(=O)O)C1. The zero-order chi connectivity index (χ0) is 21.9. The number of piperidine rings is 2. The molecule has 1 aromatic heterocycles.